The van der Waals surface area contributed by atoms with E-state index in [2.05, 4.69) is 10.4 Å². The van der Waals surface area contributed by atoms with Crippen LogP contribution < -0.4 is 22.0 Å². The molecule has 11 heteroatoms. The summed E-state index contributed by atoms with van der Waals surface area (Å²) in [7, 11) is 2.04. The number of aryl methyl sites for hydroxylation is 1. The Kier molecular flexibility index (Phi) is 6.49. The minimum atomic E-state index is -0.775. The highest BCUT2D eigenvalue weighted by Gasteiger charge is 2.52. The zero-order valence-electron chi connectivity index (χ0n) is 21.3. The monoisotopic (exact) mass is 510 g/mol. The number of hydrogen-bond acceptors (Lipinski definition) is 6. The molecule has 2 aromatic carbocycles. The number of carbonyl (C=O) groups is 1. The Morgan fingerprint density at radius 2 is 1.58 bits per heavy atom. The second-order valence-corrected chi connectivity index (χ2v) is 10.2. The molecule has 0 spiro atoms. The molecule has 0 radical (unpaired) electrons. The minimum Gasteiger partial charge on any atom is -0.399 e. The van der Waals surface area contributed by atoms with Crippen molar-refractivity contribution in [2.75, 3.05) is 5.32 Å². The first-order chi connectivity index (χ1) is 16.7. The normalized spacial score (nSPS) is 16.3. The summed E-state index contributed by atoms with van der Waals surface area (Å²) in [5.41, 5.74) is 0.657. The zero-order chi connectivity index (χ0) is 26.6. The van der Waals surface area contributed by atoms with Crippen molar-refractivity contribution in [1.82, 2.24) is 14.3 Å². The van der Waals surface area contributed by atoms with Gasteiger partial charge in [0.05, 0.1) is 11.2 Å². The molecule has 0 saturated carbocycles. The maximum Gasteiger partial charge on any atom is 0.496 e. The zero-order valence-corrected chi connectivity index (χ0v) is 22.1. The van der Waals surface area contributed by atoms with Gasteiger partial charge in [0.25, 0.3) is 11.5 Å². The molecule has 0 atom stereocenters. The van der Waals surface area contributed by atoms with Crippen molar-refractivity contribution in [2.24, 2.45) is 14.1 Å². The summed E-state index contributed by atoms with van der Waals surface area (Å²) in [5.74, 6) is -0.719. The van der Waals surface area contributed by atoms with Crippen molar-refractivity contribution in [2.45, 2.75) is 45.8 Å². The number of nitrogens with one attached hydrogen (secondary N) is 1. The standard InChI is InChI=1S/C25H28BClN4O5/c1-14-15(16-11-8-12-17(19(16)27)26-35-24(2,3)25(4,5)36-26)10-9-13-18(14)28-21(32)20-22(33)30(6)23(34)31(7)29-20/h8-13H,1-7H3,(H,28,32). The van der Waals surface area contributed by atoms with Crippen LogP contribution in [0.3, 0.4) is 0 Å². The van der Waals surface area contributed by atoms with Crippen LogP contribution in [-0.2, 0) is 23.4 Å². The molecule has 2 heterocycles. The second kappa shape index (κ2) is 9.03. The lowest BCUT2D eigenvalue weighted by molar-refractivity contribution is 0.00578. The van der Waals surface area contributed by atoms with Gasteiger partial charge in [-0.05, 0) is 51.8 Å². The molecule has 1 aliphatic rings. The maximum atomic E-state index is 12.9. The third kappa shape index (κ3) is 4.29. The van der Waals surface area contributed by atoms with Gasteiger partial charge >= 0.3 is 12.8 Å². The molecule has 1 aliphatic heterocycles. The molecular formula is C25H28BClN4O5. The minimum absolute atomic E-state index is 0.384. The summed E-state index contributed by atoms with van der Waals surface area (Å²) in [5, 5.41) is 7.06. The molecule has 1 saturated heterocycles. The summed E-state index contributed by atoms with van der Waals surface area (Å²) in [6.45, 7) is 9.76. The van der Waals surface area contributed by atoms with Gasteiger partial charge in [0, 0.05) is 35.8 Å². The summed E-state index contributed by atoms with van der Waals surface area (Å²) >= 11 is 6.87. The first-order valence-electron chi connectivity index (χ1n) is 11.4. The fourth-order valence-corrected chi connectivity index (χ4v) is 4.31. The number of carbonyl (C=O) groups excluding carboxylic acids is 1. The van der Waals surface area contributed by atoms with E-state index in [4.69, 9.17) is 20.9 Å². The largest absolute Gasteiger partial charge is 0.496 e. The van der Waals surface area contributed by atoms with E-state index in [1.807, 2.05) is 58.9 Å². The lowest BCUT2D eigenvalue weighted by atomic mass is 9.77. The van der Waals surface area contributed by atoms with E-state index in [1.54, 1.807) is 12.1 Å². The van der Waals surface area contributed by atoms with E-state index in [9.17, 15) is 14.4 Å². The Labute approximate surface area is 214 Å². The van der Waals surface area contributed by atoms with Crippen LogP contribution in [0.25, 0.3) is 11.1 Å². The highest BCUT2D eigenvalue weighted by atomic mass is 35.5. The summed E-state index contributed by atoms with van der Waals surface area (Å²) in [6.07, 6.45) is 0. The van der Waals surface area contributed by atoms with Crippen LogP contribution in [0, 0.1) is 6.92 Å². The van der Waals surface area contributed by atoms with Crippen molar-refractivity contribution in [3.63, 3.8) is 0 Å². The van der Waals surface area contributed by atoms with Gasteiger partial charge in [-0.1, -0.05) is 41.9 Å². The van der Waals surface area contributed by atoms with Gasteiger partial charge in [0.15, 0.2) is 0 Å². The highest BCUT2D eigenvalue weighted by molar-refractivity contribution is 6.66. The van der Waals surface area contributed by atoms with E-state index in [1.165, 1.54) is 14.1 Å². The maximum absolute atomic E-state index is 12.9. The van der Waals surface area contributed by atoms with Crippen LogP contribution in [0.15, 0.2) is 46.0 Å². The number of benzene rings is 2. The van der Waals surface area contributed by atoms with Gasteiger partial charge in [-0.25, -0.2) is 9.48 Å². The second-order valence-electron chi connectivity index (χ2n) is 9.85. The average Bonchev–Trinajstić information content (AvgIpc) is 3.03. The first-order valence-corrected chi connectivity index (χ1v) is 11.8. The molecule has 36 heavy (non-hydrogen) atoms. The SMILES string of the molecule is Cc1c(NC(=O)c2nn(C)c(=O)n(C)c2=O)cccc1-c1cccc(B2OC(C)(C)C(C)(C)O2)c1Cl. The number of nitrogens with zero attached hydrogens (tertiary/aromatic N) is 3. The van der Waals surface area contributed by atoms with Crippen LogP contribution in [0.5, 0.6) is 0 Å². The molecule has 1 amide bonds. The van der Waals surface area contributed by atoms with E-state index in [0.717, 1.165) is 25.9 Å². The summed E-state index contributed by atoms with van der Waals surface area (Å²) in [6, 6.07) is 11.0. The molecule has 1 N–H and O–H groups in total. The molecular weight excluding hydrogens is 483 g/mol. The molecule has 188 valence electrons. The smallest absolute Gasteiger partial charge is 0.399 e. The van der Waals surface area contributed by atoms with Crippen LogP contribution in [0.1, 0.15) is 43.7 Å². The lowest BCUT2D eigenvalue weighted by Gasteiger charge is -2.32. The molecule has 0 bridgehead atoms. The quantitative estimate of drug-likeness (QED) is 0.541. The third-order valence-electron chi connectivity index (χ3n) is 6.94. The van der Waals surface area contributed by atoms with Crippen molar-refractivity contribution in [1.29, 1.82) is 0 Å². The van der Waals surface area contributed by atoms with Crippen molar-refractivity contribution >= 4 is 35.8 Å². The van der Waals surface area contributed by atoms with Crippen LogP contribution in [-0.4, -0.2) is 38.6 Å². The Morgan fingerprint density at radius 3 is 2.22 bits per heavy atom. The number of amides is 1. The fourth-order valence-electron chi connectivity index (χ4n) is 4.00. The highest BCUT2D eigenvalue weighted by Crippen LogP contribution is 2.38. The predicted molar refractivity (Wildman–Crippen MR) is 140 cm³/mol. The lowest BCUT2D eigenvalue weighted by Crippen LogP contribution is -2.43. The predicted octanol–water partition coefficient (Wildman–Crippen LogP) is 2.66. The van der Waals surface area contributed by atoms with Crippen molar-refractivity contribution in [3.05, 3.63) is 73.5 Å². The number of aromatic nitrogens is 3. The molecule has 1 aromatic heterocycles. The van der Waals surface area contributed by atoms with Gasteiger partial charge in [0.1, 0.15) is 0 Å². The van der Waals surface area contributed by atoms with Crippen molar-refractivity contribution in [3.8, 4) is 11.1 Å². The average molecular weight is 511 g/mol. The molecule has 1 fully saturated rings. The van der Waals surface area contributed by atoms with Gasteiger partial charge in [-0.3, -0.25) is 14.2 Å². The third-order valence-corrected chi connectivity index (χ3v) is 7.37. The summed E-state index contributed by atoms with van der Waals surface area (Å²) < 4.78 is 14.2. The molecule has 0 unspecified atom stereocenters. The Morgan fingerprint density at radius 1 is 1.00 bits per heavy atom. The van der Waals surface area contributed by atoms with Crippen LogP contribution in [0.4, 0.5) is 5.69 Å². The van der Waals surface area contributed by atoms with Gasteiger partial charge in [-0.15, -0.1) is 0 Å². The van der Waals surface area contributed by atoms with Crippen molar-refractivity contribution < 1.29 is 14.1 Å². The molecule has 3 aromatic rings. The van der Waals surface area contributed by atoms with E-state index in [0.29, 0.717) is 16.2 Å². The number of anilines is 1. The van der Waals surface area contributed by atoms with E-state index < -0.39 is 35.5 Å². The fraction of sp³-hybridized carbons (Fsp3) is 0.360. The molecule has 0 aliphatic carbocycles. The topological polar surface area (TPSA) is 104 Å². The van der Waals surface area contributed by atoms with Crippen LogP contribution >= 0.6 is 11.6 Å². The Bertz CT molecular complexity index is 1480. The molecule has 4 rings (SSSR count). The van der Waals surface area contributed by atoms with Crippen LogP contribution in [0.2, 0.25) is 5.02 Å². The Hall–Kier alpha value is -3.21. The van der Waals surface area contributed by atoms with E-state index >= 15 is 0 Å². The van der Waals surface area contributed by atoms with Gasteiger partial charge in [-0.2, -0.15) is 5.10 Å². The summed E-state index contributed by atoms with van der Waals surface area (Å²) in [4.78, 5) is 37.2. The van der Waals surface area contributed by atoms with E-state index in [-0.39, 0.29) is 5.69 Å². The Balaban J connectivity index is 1.70. The van der Waals surface area contributed by atoms with Gasteiger partial charge < -0.3 is 14.6 Å². The van der Waals surface area contributed by atoms with Gasteiger partial charge in [0.2, 0.25) is 5.69 Å². The molecule has 9 nitrogen and oxygen atoms in total. The number of rotatable bonds is 4. The number of hydrogen-bond donors (Lipinski definition) is 1. The first kappa shape index (κ1) is 25.9. The number of halogens is 1.